The molecule has 2 aliphatic heterocycles. The van der Waals surface area contributed by atoms with Crippen molar-refractivity contribution in [2.75, 3.05) is 19.1 Å². The van der Waals surface area contributed by atoms with E-state index in [1.165, 1.54) is 14.2 Å². The second-order valence-electron chi connectivity index (χ2n) is 6.85. The number of hydrogen-bond donors (Lipinski definition) is 0. The molecule has 2 atom stereocenters. The number of esters is 2. The monoisotopic (exact) mass is 423 g/mol. The van der Waals surface area contributed by atoms with E-state index < -0.39 is 24.0 Å². The molecular formula is C23H18ClNO5. The Balaban J connectivity index is 1.94. The number of para-hydroxylation sites is 1. The summed E-state index contributed by atoms with van der Waals surface area (Å²) in [6.07, 6.45) is 3.65. The Labute approximate surface area is 178 Å². The summed E-state index contributed by atoms with van der Waals surface area (Å²) in [4.78, 5) is 40.8. The van der Waals surface area contributed by atoms with Crippen LogP contribution in [0, 0.1) is 0 Å². The topological polar surface area (TPSA) is 72.9 Å². The second kappa shape index (κ2) is 7.80. The van der Waals surface area contributed by atoms with Gasteiger partial charge in [0.2, 0.25) is 0 Å². The van der Waals surface area contributed by atoms with Gasteiger partial charge in [-0.15, -0.1) is 0 Å². The van der Waals surface area contributed by atoms with Crippen LogP contribution in [0.5, 0.6) is 0 Å². The number of carbonyl (C=O) groups excluding carboxylic acids is 3. The zero-order valence-corrected chi connectivity index (χ0v) is 17.1. The van der Waals surface area contributed by atoms with E-state index in [1.807, 2.05) is 30.3 Å². The first-order chi connectivity index (χ1) is 14.5. The first-order valence-corrected chi connectivity index (χ1v) is 9.61. The Kier molecular flexibility index (Phi) is 5.18. The standard InChI is InChI=1S/C23H18ClNO5/c1-29-22(27)18-17-12-9-13-5-3-4-6-16(13)25(17)20(19(18)23(28)30-2)21(26)14-7-10-15(24)11-8-14/h3-12,17,20H,1-2H3. The lowest BCUT2D eigenvalue weighted by Gasteiger charge is -2.35. The van der Waals surface area contributed by atoms with Gasteiger partial charge < -0.3 is 14.4 Å². The number of fused-ring (bicyclic) bond motifs is 3. The van der Waals surface area contributed by atoms with Gasteiger partial charge in [0.1, 0.15) is 6.04 Å². The summed E-state index contributed by atoms with van der Waals surface area (Å²) in [6, 6.07) is 12.2. The van der Waals surface area contributed by atoms with Crippen molar-refractivity contribution >= 4 is 41.1 Å². The molecule has 6 nitrogen and oxygen atoms in total. The number of anilines is 1. The van der Waals surface area contributed by atoms with E-state index in [9.17, 15) is 14.4 Å². The van der Waals surface area contributed by atoms with Gasteiger partial charge in [-0.25, -0.2) is 9.59 Å². The number of hydrogen-bond acceptors (Lipinski definition) is 6. The quantitative estimate of drug-likeness (QED) is 0.554. The fraction of sp³-hybridized carbons (Fsp3) is 0.174. The molecule has 7 heteroatoms. The Morgan fingerprint density at radius 3 is 2.20 bits per heavy atom. The number of methoxy groups -OCH3 is 2. The van der Waals surface area contributed by atoms with Crippen molar-refractivity contribution < 1.29 is 23.9 Å². The van der Waals surface area contributed by atoms with E-state index in [4.69, 9.17) is 21.1 Å². The summed E-state index contributed by atoms with van der Waals surface area (Å²) in [5.74, 6) is -1.77. The Morgan fingerprint density at radius 2 is 1.53 bits per heavy atom. The van der Waals surface area contributed by atoms with Gasteiger partial charge in [-0.05, 0) is 35.9 Å². The van der Waals surface area contributed by atoms with Crippen molar-refractivity contribution in [1.29, 1.82) is 0 Å². The molecule has 0 aromatic heterocycles. The van der Waals surface area contributed by atoms with Gasteiger partial charge in [-0.3, -0.25) is 4.79 Å². The maximum atomic E-state index is 13.6. The van der Waals surface area contributed by atoms with Gasteiger partial charge in [0, 0.05) is 16.3 Å². The molecule has 2 aromatic rings. The van der Waals surface area contributed by atoms with E-state index in [2.05, 4.69) is 0 Å². The van der Waals surface area contributed by atoms with Gasteiger partial charge in [0.25, 0.3) is 0 Å². The van der Waals surface area contributed by atoms with E-state index in [-0.39, 0.29) is 16.9 Å². The van der Waals surface area contributed by atoms with Crippen LogP contribution >= 0.6 is 11.6 Å². The maximum Gasteiger partial charge on any atom is 0.336 e. The number of nitrogens with zero attached hydrogens (tertiary/aromatic N) is 1. The molecular weight excluding hydrogens is 406 g/mol. The summed E-state index contributed by atoms with van der Waals surface area (Å²) < 4.78 is 9.91. The second-order valence-corrected chi connectivity index (χ2v) is 7.29. The van der Waals surface area contributed by atoms with Crippen LogP contribution in [0.25, 0.3) is 6.08 Å². The molecule has 0 saturated heterocycles. The summed E-state index contributed by atoms with van der Waals surface area (Å²) >= 11 is 5.96. The molecule has 0 aliphatic carbocycles. The molecule has 2 aromatic carbocycles. The molecule has 0 radical (unpaired) electrons. The van der Waals surface area contributed by atoms with E-state index in [0.717, 1.165) is 11.3 Å². The highest BCUT2D eigenvalue weighted by Gasteiger charge is 2.50. The van der Waals surface area contributed by atoms with Crippen molar-refractivity contribution in [1.82, 2.24) is 0 Å². The molecule has 0 fully saturated rings. The molecule has 0 N–H and O–H groups in total. The minimum Gasteiger partial charge on any atom is -0.466 e. The number of ketones is 1. The van der Waals surface area contributed by atoms with Gasteiger partial charge in [-0.2, -0.15) is 0 Å². The smallest absolute Gasteiger partial charge is 0.336 e. The number of Topliss-reactive ketones (excluding diaryl/α,β-unsaturated/α-hetero) is 1. The first-order valence-electron chi connectivity index (χ1n) is 9.24. The largest absolute Gasteiger partial charge is 0.466 e. The number of rotatable bonds is 4. The van der Waals surface area contributed by atoms with E-state index in [1.54, 1.807) is 35.2 Å². The summed E-state index contributed by atoms with van der Waals surface area (Å²) in [6.45, 7) is 0. The molecule has 152 valence electrons. The SMILES string of the molecule is COC(=O)C1=C(C(=O)OC)C(C(=O)c2ccc(Cl)cc2)N2c3ccccc3C=CC12. The first kappa shape index (κ1) is 19.9. The molecule has 0 amide bonds. The Morgan fingerprint density at radius 1 is 0.900 bits per heavy atom. The third-order valence-electron chi connectivity index (χ3n) is 5.30. The number of benzene rings is 2. The van der Waals surface area contributed by atoms with Crippen LogP contribution in [0.3, 0.4) is 0 Å². The molecule has 2 unspecified atom stereocenters. The third-order valence-corrected chi connectivity index (χ3v) is 5.55. The molecule has 0 spiro atoms. The fourth-order valence-corrected chi connectivity index (χ4v) is 4.11. The fourth-order valence-electron chi connectivity index (χ4n) is 3.98. The molecule has 4 rings (SSSR count). The lowest BCUT2D eigenvalue weighted by Crippen LogP contribution is -2.45. The van der Waals surface area contributed by atoms with Gasteiger partial charge in [0.15, 0.2) is 5.78 Å². The van der Waals surface area contributed by atoms with Crippen LogP contribution in [-0.2, 0) is 19.1 Å². The predicted octanol–water partition coefficient (Wildman–Crippen LogP) is 3.45. The van der Waals surface area contributed by atoms with Crippen LogP contribution in [0.15, 0.2) is 65.8 Å². The zero-order chi connectivity index (χ0) is 21.4. The van der Waals surface area contributed by atoms with Crippen molar-refractivity contribution in [2.45, 2.75) is 12.1 Å². The average Bonchev–Trinajstić information content (AvgIpc) is 3.13. The summed E-state index contributed by atoms with van der Waals surface area (Å²) in [7, 11) is 2.46. The Hall–Kier alpha value is -3.38. The number of ether oxygens (including phenoxy) is 2. The highest BCUT2D eigenvalue weighted by Crippen LogP contribution is 2.42. The maximum absolute atomic E-state index is 13.6. The molecule has 0 bridgehead atoms. The van der Waals surface area contributed by atoms with Crippen LogP contribution in [0.2, 0.25) is 5.02 Å². The number of carbonyl (C=O) groups is 3. The summed E-state index contributed by atoms with van der Waals surface area (Å²) in [5, 5.41) is 0.487. The van der Waals surface area contributed by atoms with Crippen LogP contribution in [0.4, 0.5) is 5.69 Å². The average molecular weight is 424 g/mol. The van der Waals surface area contributed by atoms with Crippen molar-refractivity contribution in [2.24, 2.45) is 0 Å². The number of halogens is 1. The molecule has 30 heavy (non-hydrogen) atoms. The van der Waals surface area contributed by atoms with Crippen LogP contribution < -0.4 is 4.90 Å². The van der Waals surface area contributed by atoms with Crippen molar-refractivity contribution in [3.05, 3.63) is 81.9 Å². The normalized spacial score (nSPS) is 19.2. The highest BCUT2D eigenvalue weighted by molar-refractivity contribution is 6.30. The van der Waals surface area contributed by atoms with E-state index in [0.29, 0.717) is 10.6 Å². The lowest BCUT2D eigenvalue weighted by molar-refractivity contribution is -0.139. The molecule has 0 saturated carbocycles. The minimum atomic E-state index is -1.05. The highest BCUT2D eigenvalue weighted by atomic mass is 35.5. The van der Waals surface area contributed by atoms with Crippen LogP contribution in [-0.4, -0.2) is 44.0 Å². The van der Waals surface area contributed by atoms with Crippen molar-refractivity contribution in [3.8, 4) is 0 Å². The van der Waals surface area contributed by atoms with Gasteiger partial charge in [0.05, 0.1) is 31.4 Å². The molecule has 2 aliphatic rings. The third kappa shape index (κ3) is 3.09. The zero-order valence-electron chi connectivity index (χ0n) is 16.3. The minimum absolute atomic E-state index is 0.0179. The van der Waals surface area contributed by atoms with E-state index >= 15 is 0 Å². The van der Waals surface area contributed by atoms with Crippen molar-refractivity contribution in [3.63, 3.8) is 0 Å². The van der Waals surface area contributed by atoms with Crippen LogP contribution in [0.1, 0.15) is 15.9 Å². The molecule has 2 heterocycles. The lowest BCUT2D eigenvalue weighted by atomic mass is 9.95. The summed E-state index contributed by atoms with van der Waals surface area (Å²) in [5.41, 5.74) is 2.05. The predicted molar refractivity (Wildman–Crippen MR) is 112 cm³/mol. The van der Waals surface area contributed by atoms with Gasteiger partial charge >= 0.3 is 11.9 Å². The van der Waals surface area contributed by atoms with Gasteiger partial charge in [-0.1, -0.05) is 42.0 Å². The Bertz CT molecular complexity index is 1100.